The Balaban J connectivity index is 1.21. The zero-order chi connectivity index (χ0) is 20.8. The summed E-state index contributed by atoms with van der Waals surface area (Å²) >= 11 is 0. The van der Waals surface area contributed by atoms with Crippen LogP contribution in [0.25, 0.3) is 0 Å². The van der Waals surface area contributed by atoms with E-state index in [9.17, 15) is 0 Å². The van der Waals surface area contributed by atoms with Crippen LogP contribution in [0.5, 0.6) is 0 Å². The summed E-state index contributed by atoms with van der Waals surface area (Å²) in [5.74, 6) is 1.76. The van der Waals surface area contributed by atoms with Crippen LogP contribution < -0.4 is 10.2 Å². The van der Waals surface area contributed by atoms with Gasteiger partial charge in [-0.15, -0.1) is 0 Å². The SMILES string of the molecule is CN=C(NCCN1CCN(c2ncccn2)CC1)N1CCOC(c2cnn(C)c2)C1. The second kappa shape index (κ2) is 9.86. The Morgan fingerprint density at radius 2 is 2.00 bits per heavy atom. The molecule has 0 radical (unpaired) electrons. The van der Waals surface area contributed by atoms with Crippen LogP contribution in [-0.2, 0) is 11.8 Å². The molecule has 2 aliphatic rings. The van der Waals surface area contributed by atoms with E-state index in [0.29, 0.717) is 6.61 Å². The van der Waals surface area contributed by atoms with Crippen LogP contribution in [0.3, 0.4) is 0 Å². The van der Waals surface area contributed by atoms with Crippen LogP contribution in [0.4, 0.5) is 5.95 Å². The molecule has 4 rings (SSSR count). The molecule has 0 amide bonds. The maximum absolute atomic E-state index is 5.95. The Kier molecular flexibility index (Phi) is 6.75. The molecule has 162 valence electrons. The minimum absolute atomic E-state index is 0.0271. The number of aryl methyl sites for hydroxylation is 1. The van der Waals surface area contributed by atoms with Crippen LogP contribution >= 0.6 is 0 Å². The third-order valence-corrected chi connectivity index (χ3v) is 5.59. The van der Waals surface area contributed by atoms with Crippen molar-refractivity contribution >= 4 is 11.9 Å². The summed E-state index contributed by atoms with van der Waals surface area (Å²) < 4.78 is 7.76. The van der Waals surface area contributed by atoms with Gasteiger partial charge in [0, 0.05) is 84.1 Å². The summed E-state index contributed by atoms with van der Waals surface area (Å²) in [5.41, 5.74) is 1.11. The summed E-state index contributed by atoms with van der Waals surface area (Å²) in [6, 6.07) is 1.85. The molecule has 1 unspecified atom stereocenters. The van der Waals surface area contributed by atoms with E-state index in [1.54, 1.807) is 12.4 Å². The minimum atomic E-state index is 0.0271. The molecule has 4 heterocycles. The largest absolute Gasteiger partial charge is 0.370 e. The Morgan fingerprint density at radius 1 is 1.20 bits per heavy atom. The molecule has 30 heavy (non-hydrogen) atoms. The van der Waals surface area contributed by atoms with E-state index in [2.05, 4.69) is 40.1 Å². The van der Waals surface area contributed by atoms with Crippen molar-refractivity contribution in [2.24, 2.45) is 12.0 Å². The van der Waals surface area contributed by atoms with Gasteiger partial charge in [-0.1, -0.05) is 0 Å². The number of hydrogen-bond acceptors (Lipinski definition) is 7. The average Bonchev–Trinajstić information content (AvgIpc) is 3.24. The lowest BCUT2D eigenvalue weighted by atomic mass is 10.1. The monoisotopic (exact) mass is 413 g/mol. The maximum atomic E-state index is 5.95. The van der Waals surface area contributed by atoms with Crippen molar-refractivity contribution in [1.29, 1.82) is 0 Å². The van der Waals surface area contributed by atoms with Gasteiger partial charge >= 0.3 is 0 Å². The molecule has 2 aliphatic heterocycles. The molecular weight excluding hydrogens is 382 g/mol. The van der Waals surface area contributed by atoms with Gasteiger partial charge in [-0.2, -0.15) is 5.10 Å². The molecule has 10 heteroatoms. The number of rotatable bonds is 5. The number of anilines is 1. The summed E-state index contributed by atoms with van der Waals surface area (Å²) in [5, 5.41) is 7.79. The van der Waals surface area contributed by atoms with Gasteiger partial charge in [-0.25, -0.2) is 9.97 Å². The highest BCUT2D eigenvalue weighted by atomic mass is 16.5. The van der Waals surface area contributed by atoms with Crippen LogP contribution in [0.2, 0.25) is 0 Å². The normalized spacial score (nSPS) is 21.1. The molecule has 0 saturated carbocycles. The van der Waals surface area contributed by atoms with Crippen molar-refractivity contribution in [3.05, 3.63) is 36.4 Å². The standard InChI is InChI=1S/C20H31N9O/c1-21-19(29-12-13-30-18(16-29)17-14-25-26(2)15-17)24-6-7-27-8-10-28(11-9-27)20-22-4-3-5-23-20/h3-5,14-15,18H,6-13,16H2,1-2H3,(H,21,24). The van der Waals surface area contributed by atoms with Gasteiger partial charge in [0.1, 0.15) is 6.10 Å². The predicted molar refractivity (Wildman–Crippen MR) is 116 cm³/mol. The van der Waals surface area contributed by atoms with Crippen molar-refractivity contribution in [2.45, 2.75) is 6.10 Å². The summed E-state index contributed by atoms with van der Waals surface area (Å²) in [6.45, 7) is 8.09. The predicted octanol–water partition coefficient (Wildman–Crippen LogP) is -0.0190. The molecule has 1 atom stereocenters. The summed E-state index contributed by atoms with van der Waals surface area (Å²) in [6.07, 6.45) is 7.53. The molecule has 0 bridgehead atoms. The number of guanidine groups is 1. The number of nitrogens with zero attached hydrogens (tertiary/aromatic N) is 8. The highest BCUT2D eigenvalue weighted by molar-refractivity contribution is 5.80. The van der Waals surface area contributed by atoms with Gasteiger partial charge in [0.15, 0.2) is 5.96 Å². The Morgan fingerprint density at radius 3 is 2.70 bits per heavy atom. The first-order chi connectivity index (χ1) is 14.7. The maximum Gasteiger partial charge on any atom is 0.225 e. The van der Waals surface area contributed by atoms with E-state index in [-0.39, 0.29) is 6.10 Å². The molecule has 0 spiro atoms. The number of nitrogens with one attached hydrogen (secondary N) is 1. The molecule has 0 aromatic carbocycles. The molecule has 2 aromatic rings. The number of ether oxygens (including phenoxy) is 1. The fourth-order valence-corrected chi connectivity index (χ4v) is 3.93. The van der Waals surface area contributed by atoms with Crippen LogP contribution in [0, 0.1) is 0 Å². The van der Waals surface area contributed by atoms with Gasteiger partial charge in [0.2, 0.25) is 5.95 Å². The van der Waals surface area contributed by atoms with Crippen molar-refractivity contribution in [3.63, 3.8) is 0 Å². The van der Waals surface area contributed by atoms with Gasteiger partial charge in [0.05, 0.1) is 19.3 Å². The van der Waals surface area contributed by atoms with Crippen molar-refractivity contribution in [3.8, 4) is 0 Å². The van der Waals surface area contributed by atoms with E-state index >= 15 is 0 Å². The lowest BCUT2D eigenvalue weighted by Gasteiger charge is -2.36. The zero-order valence-electron chi connectivity index (χ0n) is 17.8. The van der Waals surface area contributed by atoms with Crippen molar-refractivity contribution in [2.75, 3.05) is 70.9 Å². The summed E-state index contributed by atoms with van der Waals surface area (Å²) in [4.78, 5) is 20.2. The first-order valence-corrected chi connectivity index (χ1v) is 10.5. The van der Waals surface area contributed by atoms with Gasteiger partial charge in [-0.05, 0) is 6.07 Å². The van der Waals surface area contributed by atoms with Gasteiger partial charge < -0.3 is 19.9 Å². The van der Waals surface area contributed by atoms with Gasteiger partial charge in [0.25, 0.3) is 0 Å². The van der Waals surface area contributed by atoms with E-state index in [4.69, 9.17) is 4.74 Å². The quantitative estimate of drug-likeness (QED) is 0.541. The first kappa shape index (κ1) is 20.5. The van der Waals surface area contributed by atoms with Crippen LogP contribution in [-0.4, -0.2) is 102 Å². The molecular formula is C20H31N9O. The molecule has 2 fully saturated rings. The van der Waals surface area contributed by atoms with E-state index < -0.39 is 0 Å². The molecule has 2 aromatic heterocycles. The van der Waals surface area contributed by atoms with E-state index in [1.165, 1.54) is 0 Å². The third kappa shape index (κ3) is 5.06. The second-order valence-corrected chi connectivity index (χ2v) is 7.60. The Labute approximate surface area is 177 Å². The number of piperazine rings is 1. The number of morpholine rings is 1. The molecule has 10 nitrogen and oxygen atoms in total. The van der Waals surface area contributed by atoms with E-state index in [0.717, 1.165) is 69.8 Å². The minimum Gasteiger partial charge on any atom is -0.370 e. The van der Waals surface area contributed by atoms with Crippen LogP contribution in [0.1, 0.15) is 11.7 Å². The van der Waals surface area contributed by atoms with Crippen LogP contribution in [0.15, 0.2) is 35.8 Å². The fourth-order valence-electron chi connectivity index (χ4n) is 3.93. The second-order valence-electron chi connectivity index (χ2n) is 7.60. The van der Waals surface area contributed by atoms with E-state index in [1.807, 2.05) is 37.2 Å². The lowest BCUT2D eigenvalue weighted by Crippen LogP contribution is -2.51. The smallest absolute Gasteiger partial charge is 0.225 e. The molecule has 1 N–H and O–H groups in total. The summed E-state index contributed by atoms with van der Waals surface area (Å²) in [7, 11) is 3.77. The van der Waals surface area contributed by atoms with Gasteiger partial charge in [-0.3, -0.25) is 14.6 Å². The first-order valence-electron chi connectivity index (χ1n) is 10.5. The van der Waals surface area contributed by atoms with Crippen molar-refractivity contribution in [1.82, 2.24) is 34.9 Å². The Hall–Kier alpha value is -2.72. The number of aliphatic imine (C=N–C) groups is 1. The zero-order valence-corrected chi connectivity index (χ0v) is 17.8. The lowest BCUT2D eigenvalue weighted by molar-refractivity contribution is -0.00805. The molecule has 0 aliphatic carbocycles. The number of aromatic nitrogens is 4. The number of hydrogen-bond donors (Lipinski definition) is 1. The molecule has 2 saturated heterocycles. The fraction of sp³-hybridized carbons (Fsp3) is 0.600. The highest BCUT2D eigenvalue weighted by Gasteiger charge is 2.25. The third-order valence-electron chi connectivity index (χ3n) is 5.59. The average molecular weight is 414 g/mol. The Bertz CT molecular complexity index is 817. The topological polar surface area (TPSA) is 86.9 Å². The van der Waals surface area contributed by atoms with Crippen molar-refractivity contribution < 1.29 is 4.74 Å². The highest BCUT2D eigenvalue weighted by Crippen LogP contribution is 2.21.